The Labute approximate surface area is 259 Å². The van der Waals surface area contributed by atoms with Gasteiger partial charge >= 0.3 is 5.97 Å². The van der Waals surface area contributed by atoms with E-state index in [1.165, 1.54) is 4.31 Å². The summed E-state index contributed by atoms with van der Waals surface area (Å²) in [6.07, 6.45) is 9.07. The molecule has 1 saturated heterocycles. The zero-order valence-corrected chi connectivity index (χ0v) is 26.7. The predicted octanol–water partition coefficient (Wildman–Crippen LogP) is 5.85. The second kappa shape index (κ2) is 13.7. The van der Waals surface area contributed by atoms with E-state index in [2.05, 4.69) is 23.7 Å². The number of rotatable bonds is 10. The van der Waals surface area contributed by atoms with E-state index in [1.54, 1.807) is 17.0 Å². The number of aliphatic imine (C=N–C) groups is 1. The van der Waals surface area contributed by atoms with E-state index in [4.69, 9.17) is 0 Å². The maximum absolute atomic E-state index is 14.0. The van der Waals surface area contributed by atoms with E-state index in [-0.39, 0.29) is 41.2 Å². The number of carbonyl (C=O) groups is 2. The van der Waals surface area contributed by atoms with Crippen LogP contribution >= 0.6 is 11.3 Å². The van der Waals surface area contributed by atoms with Crippen LogP contribution < -0.4 is 4.90 Å². The Morgan fingerprint density at radius 1 is 1.09 bits per heavy atom. The molecule has 1 aromatic carbocycles. The molecule has 2 fully saturated rings. The molecule has 1 amide bonds. The van der Waals surface area contributed by atoms with Crippen LogP contribution in [-0.4, -0.2) is 79.2 Å². The standard InChI is InChI=1S/C32H42N4O5S2/c1-3-17-34(18-4-2)29-16-15-25(20-33-29)43(40,41)35-21-27(23-11-7-5-8-12-23)36(30(37)22-35)26-19-28(42-31(26)32(38)39)24-13-9-6-10-14-24/h6,9-10,13-15,19,23,27H,3-5,7-8,11-12,16-18,20-22H2,1-2H3,(H,38,39). The minimum atomic E-state index is -3.93. The van der Waals surface area contributed by atoms with E-state index in [0.29, 0.717) is 12.1 Å². The molecule has 1 saturated carbocycles. The largest absolute Gasteiger partial charge is 0.477 e. The minimum Gasteiger partial charge on any atom is -0.477 e. The van der Waals surface area contributed by atoms with Crippen molar-refractivity contribution in [2.24, 2.45) is 10.9 Å². The summed E-state index contributed by atoms with van der Waals surface area (Å²) in [5.41, 5.74) is 1.25. The number of sulfonamides is 1. The number of anilines is 1. The molecule has 232 valence electrons. The summed E-state index contributed by atoms with van der Waals surface area (Å²) in [5.74, 6) is -0.479. The number of hydrogen-bond acceptors (Lipinski definition) is 7. The Hall–Kier alpha value is -3.02. The topological polar surface area (TPSA) is 111 Å². The highest BCUT2D eigenvalue weighted by atomic mass is 32.2. The summed E-state index contributed by atoms with van der Waals surface area (Å²) in [5, 5.41) is 10.2. The Morgan fingerprint density at radius 3 is 2.40 bits per heavy atom. The lowest BCUT2D eigenvalue weighted by Crippen LogP contribution is -2.61. The van der Waals surface area contributed by atoms with Crippen LogP contribution in [0.2, 0.25) is 0 Å². The number of piperazine rings is 1. The Balaban J connectivity index is 1.44. The van der Waals surface area contributed by atoms with Crippen molar-refractivity contribution < 1.29 is 23.1 Å². The number of nitrogens with zero attached hydrogens (tertiary/aromatic N) is 4. The van der Waals surface area contributed by atoms with Crippen molar-refractivity contribution in [1.29, 1.82) is 0 Å². The lowest BCUT2D eigenvalue weighted by atomic mass is 9.82. The Morgan fingerprint density at radius 2 is 1.79 bits per heavy atom. The van der Waals surface area contributed by atoms with Gasteiger partial charge < -0.3 is 14.9 Å². The molecule has 1 aliphatic carbocycles. The molecule has 0 bridgehead atoms. The van der Waals surface area contributed by atoms with Gasteiger partial charge in [-0.25, -0.2) is 13.2 Å². The molecule has 1 atom stereocenters. The summed E-state index contributed by atoms with van der Waals surface area (Å²) in [6, 6.07) is 10.9. The van der Waals surface area contributed by atoms with Crippen molar-refractivity contribution in [2.75, 3.05) is 37.6 Å². The molecule has 1 unspecified atom stereocenters. The average molecular weight is 627 g/mol. The van der Waals surface area contributed by atoms with Crippen LogP contribution in [0.4, 0.5) is 5.69 Å². The Kier molecular flexibility index (Phi) is 10.0. The molecule has 0 radical (unpaired) electrons. The van der Waals surface area contributed by atoms with Crippen molar-refractivity contribution in [3.05, 3.63) is 52.3 Å². The fraction of sp³-hybridized carbons (Fsp3) is 0.531. The Bertz CT molecular complexity index is 1470. The second-order valence-corrected chi connectivity index (χ2v) is 14.7. The average Bonchev–Trinajstić information content (AvgIpc) is 3.47. The highest BCUT2D eigenvalue weighted by molar-refractivity contribution is 7.93. The van der Waals surface area contributed by atoms with Crippen LogP contribution in [0.3, 0.4) is 0 Å². The maximum atomic E-state index is 14.0. The number of hydrogen-bond donors (Lipinski definition) is 1. The van der Waals surface area contributed by atoms with Gasteiger partial charge in [-0.1, -0.05) is 69.5 Å². The minimum absolute atomic E-state index is 0.0677. The molecule has 5 rings (SSSR count). The monoisotopic (exact) mass is 626 g/mol. The predicted molar refractivity (Wildman–Crippen MR) is 172 cm³/mol. The highest BCUT2D eigenvalue weighted by Crippen LogP contribution is 2.42. The molecule has 1 N–H and O–H groups in total. The SMILES string of the molecule is CCCN(CCC)C1=NCC(S(=O)(=O)N2CC(=O)N(c3cc(-c4ccccc4)sc3C(=O)O)C(C3CCCCC3)C2)=CC1. The molecule has 3 heterocycles. The molecule has 9 nitrogen and oxygen atoms in total. The van der Waals surface area contributed by atoms with Gasteiger partial charge in [0.25, 0.3) is 0 Å². The van der Waals surface area contributed by atoms with Gasteiger partial charge in [-0.05, 0) is 43.2 Å². The third-order valence-corrected chi connectivity index (χ3v) is 11.8. The van der Waals surface area contributed by atoms with Gasteiger partial charge in [-0.3, -0.25) is 9.79 Å². The summed E-state index contributed by atoms with van der Waals surface area (Å²) in [4.78, 5) is 36.0. The number of carboxylic acid groups (broad SMARTS) is 1. The van der Waals surface area contributed by atoms with Gasteiger partial charge in [-0.2, -0.15) is 4.31 Å². The van der Waals surface area contributed by atoms with E-state index < -0.39 is 22.0 Å². The van der Waals surface area contributed by atoms with Gasteiger partial charge in [0.05, 0.1) is 29.7 Å². The van der Waals surface area contributed by atoms with E-state index in [1.807, 2.05) is 30.3 Å². The molecule has 1 aromatic heterocycles. The number of amidine groups is 1. The van der Waals surface area contributed by atoms with Gasteiger partial charge in [0.1, 0.15) is 10.7 Å². The number of carbonyl (C=O) groups excluding carboxylic acids is 1. The highest BCUT2D eigenvalue weighted by Gasteiger charge is 2.44. The first kappa shape index (κ1) is 31.4. The first-order chi connectivity index (χ1) is 20.7. The van der Waals surface area contributed by atoms with E-state index in [0.717, 1.165) is 85.6 Å². The molecular formula is C32H42N4O5S2. The van der Waals surface area contributed by atoms with Crippen LogP contribution in [0.5, 0.6) is 0 Å². The fourth-order valence-electron chi connectivity index (χ4n) is 6.59. The van der Waals surface area contributed by atoms with Crippen LogP contribution in [-0.2, 0) is 14.8 Å². The normalized spacial score (nSPS) is 20.6. The second-order valence-electron chi connectivity index (χ2n) is 11.6. The summed E-state index contributed by atoms with van der Waals surface area (Å²) < 4.78 is 29.2. The lowest BCUT2D eigenvalue weighted by Gasteiger charge is -2.45. The molecule has 11 heteroatoms. The van der Waals surface area contributed by atoms with Crippen molar-refractivity contribution >= 4 is 44.8 Å². The van der Waals surface area contributed by atoms with Crippen molar-refractivity contribution in [3.8, 4) is 10.4 Å². The van der Waals surface area contributed by atoms with Gasteiger partial charge in [-0.15, -0.1) is 11.3 Å². The first-order valence-electron chi connectivity index (χ1n) is 15.5. The van der Waals surface area contributed by atoms with Crippen molar-refractivity contribution in [1.82, 2.24) is 9.21 Å². The van der Waals surface area contributed by atoms with Gasteiger partial charge in [0.2, 0.25) is 15.9 Å². The zero-order valence-electron chi connectivity index (χ0n) is 25.1. The number of aromatic carboxylic acids is 1. The van der Waals surface area contributed by atoms with E-state index >= 15 is 0 Å². The number of thiophene rings is 1. The number of carboxylic acids is 1. The van der Waals surface area contributed by atoms with Crippen LogP contribution in [0.15, 0.2) is 52.4 Å². The number of amides is 1. The van der Waals surface area contributed by atoms with Gasteiger partial charge in [0, 0.05) is 30.9 Å². The molecule has 3 aliphatic rings. The molecule has 2 aliphatic heterocycles. The maximum Gasteiger partial charge on any atom is 0.348 e. The summed E-state index contributed by atoms with van der Waals surface area (Å²) in [6.45, 7) is 5.89. The summed E-state index contributed by atoms with van der Waals surface area (Å²) in [7, 11) is -3.93. The number of dihydropyridines is 1. The van der Waals surface area contributed by atoms with Crippen LogP contribution in [0.25, 0.3) is 10.4 Å². The molecular weight excluding hydrogens is 585 g/mol. The molecule has 43 heavy (non-hydrogen) atoms. The fourth-order valence-corrected chi connectivity index (χ4v) is 9.07. The van der Waals surface area contributed by atoms with Crippen LogP contribution in [0.1, 0.15) is 74.9 Å². The zero-order chi connectivity index (χ0) is 30.6. The molecule has 2 aromatic rings. The van der Waals surface area contributed by atoms with Crippen molar-refractivity contribution in [2.45, 2.75) is 71.3 Å². The third-order valence-electron chi connectivity index (χ3n) is 8.67. The lowest BCUT2D eigenvalue weighted by molar-refractivity contribution is -0.121. The van der Waals surface area contributed by atoms with Crippen molar-refractivity contribution in [3.63, 3.8) is 0 Å². The third kappa shape index (κ3) is 6.73. The van der Waals surface area contributed by atoms with Gasteiger partial charge in [0.15, 0.2) is 0 Å². The first-order valence-corrected chi connectivity index (χ1v) is 17.7. The molecule has 0 spiro atoms. The quantitative estimate of drug-likeness (QED) is 0.354. The van der Waals surface area contributed by atoms with E-state index in [9.17, 15) is 23.1 Å². The van der Waals surface area contributed by atoms with Crippen LogP contribution in [0, 0.1) is 5.92 Å². The number of benzene rings is 1. The smallest absolute Gasteiger partial charge is 0.348 e. The summed E-state index contributed by atoms with van der Waals surface area (Å²) >= 11 is 1.15.